The van der Waals surface area contributed by atoms with E-state index >= 15 is 0 Å². The number of hydrogen-bond acceptors (Lipinski definition) is 3. The molecule has 0 bridgehead atoms. The predicted molar refractivity (Wildman–Crippen MR) is 115 cm³/mol. The van der Waals surface area contributed by atoms with Gasteiger partial charge in [0.2, 0.25) is 0 Å². The topological polar surface area (TPSA) is 68.9 Å². The largest absolute Gasteiger partial charge is 0.497 e. The van der Waals surface area contributed by atoms with E-state index in [1.165, 1.54) is 5.56 Å². The minimum atomic E-state index is 0. The van der Waals surface area contributed by atoms with E-state index < -0.39 is 0 Å². The second-order valence-electron chi connectivity index (χ2n) is 5.64. The van der Waals surface area contributed by atoms with Gasteiger partial charge in [-0.1, -0.05) is 34.1 Å². The summed E-state index contributed by atoms with van der Waals surface area (Å²) in [4.78, 5) is 4.58. The van der Waals surface area contributed by atoms with Crippen LogP contribution in [0, 0.1) is 0 Å². The van der Waals surface area contributed by atoms with Gasteiger partial charge in [0, 0.05) is 16.5 Å². The van der Waals surface area contributed by atoms with Crippen LogP contribution in [-0.4, -0.2) is 26.2 Å². The Morgan fingerprint density at radius 3 is 2.64 bits per heavy atom. The molecule has 3 rings (SSSR count). The van der Waals surface area contributed by atoms with Gasteiger partial charge in [0.15, 0.2) is 5.96 Å². The molecule has 0 spiro atoms. The molecule has 0 amide bonds. The van der Waals surface area contributed by atoms with Crippen LogP contribution in [0.5, 0.6) is 11.5 Å². The third kappa shape index (κ3) is 4.78. The minimum absolute atomic E-state index is 0. The van der Waals surface area contributed by atoms with Crippen LogP contribution in [0.3, 0.4) is 0 Å². The van der Waals surface area contributed by atoms with Crippen LogP contribution in [0.4, 0.5) is 5.69 Å². The number of anilines is 1. The van der Waals surface area contributed by atoms with Crippen molar-refractivity contribution in [1.82, 2.24) is 0 Å². The number of guanidine groups is 1. The van der Waals surface area contributed by atoms with Crippen molar-refractivity contribution in [1.29, 1.82) is 0 Å². The summed E-state index contributed by atoms with van der Waals surface area (Å²) in [5, 5.41) is 3.11. The number of methoxy groups -OCH3 is 2. The van der Waals surface area contributed by atoms with Crippen LogP contribution < -0.4 is 20.5 Å². The molecule has 0 unspecified atom stereocenters. The Kier molecular flexibility index (Phi) is 6.95. The second kappa shape index (κ2) is 8.75. The van der Waals surface area contributed by atoms with Crippen molar-refractivity contribution in [3.8, 4) is 11.5 Å². The summed E-state index contributed by atoms with van der Waals surface area (Å²) >= 11 is 3.59. The Morgan fingerprint density at radius 1 is 1.20 bits per heavy atom. The molecule has 1 aliphatic carbocycles. The third-order valence-electron chi connectivity index (χ3n) is 4.04. The fourth-order valence-corrected chi connectivity index (χ4v) is 3.27. The average molecular weight is 518 g/mol. The van der Waals surface area contributed by atoms with E-state index in [2.05, 4.69) is 38.4 Å². The van der Waals surface area contributed by atoms with Gasteiger partial charge in [-0.3, -0.25) is 0 Å². The molecule has 7 heteroatoms. The molecule has 0 radical (unpaired) electrons. The summed E-state index contributed by atoms with van der Waals surface area (Å²) in [5.41, 5.74) is 8.08. The molecular formula is C18H21BrIN3O2. The Bertz CT molecular complexity index is 770. The number of rotatable bonds is 5. The van der Waals surface area contributed by atoms with Gasteiger partial charge in [0.05, 0.1) is 25.9 Å². The maximum atomic E-state index is 6.07. The number of ether oxygens (including phenoxy) is 2. The molecular weight excluding hydrogens is 497 g/mol. The summed E-state index contributed by atoms with van der Waals surface area (Å²) in [7, 11) is 3.24. The van der Waals surface area contributed by atoms with E-state index in [4.69, 9.17) is 15.2 Å². The quantitative estimate of drug-likeness (QED) is 0.351. The molecule has 1 saturated carbocycles. The molecule has 0 aliphatic heterocycles. The predicted octanol–water partition coefficient (Wildman–Crippen LogP) is 4.37. The van der Waals surface area contributed by atoms with Gasteiger partial charge in [0.1, 0.15) is 11.5 Å². The summed E-state index contributed by atoms with van der Waals surface area (Å²) in [5.74, 6) is 2.20. The van der Waals surface area contributed by atoms with Crippen LogP contribution in [0.1, 0.15) is 17.9 Å². The van der Waals surface area contributed by atoms with E-state index in [1.807, 2.05) is 30.3 Å². The summed E-state index contributed by atoms with van der Waals surface area (Å²) in [6.07, 6.45) is 1.00. The van der Waals surface area contributed by atoms with Crippen LogP contribution in [0.2, 0.25) is 0 Å². The van der Waals surface area contributed by atoms with Crippen LogP contribution in [-0.2, 0) is 0 Å². The zero-order chi connectivity index (χ0) is 17.1. The Labute approximate surface area is 173 Å². The normalized spacial score (nSPS) is 18.9. The molecule has 2 atom stereocenters. The number of nitrogens with two attached hydrogens (primary N) is 1. The van der Waals surface area contributed by atoms with Crippen LogP contribution >= 0.6 is 39.9 Å². The van der Waals surface area contributed by atoms with Crippen molar-refractivity contribution >= 4 is 51.6 Å². The van der Waals surface area contributed by atoms with E-state index in [0.717, 1.165) is 22.3 Å². The monoisotopic (exact) mass is 517 g/mol. The summed E-state index contributed by atoms with van der Waals surface area (Å²) in [6, 6.07) is 13.9. The van der Waals surface area contributed by atoms with Gasteiger partial charge in [-0.2, -0.15) is 0 Å². The highest BCUT2D eigenvalue weighted by atomic mass is 127. The SMILES string of the molecule is COc1ccc(OC)c(NC(N)=N[C@@H]2C[C@H]2c2ccccc2Br)c1.I. The van der Waals surface area contributed by atoms with Crippen molar-refractivity contribution in [2.24, 2.45) is 10.7 Å². The number of hydrogen-bond donors (Lipinski definition) is 2. The molecule has 0 aromatic heterocycles. The van der Waals surface area contributed by atoms with E-state index in [9.17, 15) is 0 Å². The Hall–Kier alpha value is -1.48. The number of nitrogens with zero attached hydrogens (tertiary/aromatic N) is 1. The Morgan fingerprint density at radius 2 is 1.96 bits per heavy atom. The second-order valence-corrected chi connectivity index (χ2v) is 6.49. The summed E-state index contributed by atoms with van der Waals surface area (Å²) < 4.78 is 11.7. The van der Waals surface area contributed by atoms with Crippen molar-refractivity contribution in [3.63, 3.8) is 0 Å². The van der Waals surface area contributed by atoms with Crippen molar-refractivity contribution in [2.75, 3.05) is 19.5 Å². The lowest BCUT2D eigenvalue weighted by molar-refractivity contribution is 0.405. The smallest absolute Gasteiger partial charge is 0.193 e. The lowest BCUT2D eigenvalue weighted by Gasteiger charge is -2.12. The summed E-state index contributed by atoms with van der Waals surface area (Å²) in [6.45, 7) is 0. The molecule has 1 aliphatic rings. The molecule has 0 saturated heterocycles. The molecule has 5 nitrogen and oxygen atoms in total. The number of benzene rings is 2. The zero-order valence-corrected chi connectivity index (χ0v) is 17.9. The van der Waals surface area contributed by atoms with Crippen molar-refractivity contribution in [2.45, 2.75) is 18.4 Å². The van der Waals surface area contributed by atoms with Gasteiger partial charge in [-0.15, -0.1) is 24.0 Å². The fraction of sp³-hybridized carbons (Fsp3) is 0.278. The van der Waals surface area contributed by atoms with E-state index in [0.29, 0.717) is 17.6 Å². The van der Waals surface area contributed by atoms with Gasteiger partial charge in [-0.05, 0) is 30.2 Å². The minimum Gasteiger partial charge on any atom is -0.497 e. The lowest BCUT2D eigenvalue weighted by atomic mass is 10.1. The molecule has 2 aromatic rings. The standard InChI is InChI=1S/C18H20BrN3O2.HI/c1-23-11-7-8-17(24-2)16(9-11)22-18(20)21-15-10-13(15)12-5-3-4-6-14(12)19;/h3-9,13,15H,10H2,1-2H3,(H3,20,21,22);1H/t13-,15+;/m0./s1. The molecule has 3 N–H and O–H groups in total. The van der Waals surface area contributed by atoms with E-state index in [1.54, 1.807) is 14.2 Å². The van der Waals surface area contributed by atoms with Gasteiger partial charge in [-0.25, -0.2) is 4.99 Å². The van der Waals surface area contributed by atoms with Gasteiger partial charge < -0.3 is 20.5 Å². The average Bonchev–Trinajstić information content (AvgIpc) is 3.33. The van der Waals surface area contributed by atoms with Crippen LogP contribution in [0.15, 0.2) is 51.9 Å². The number of aliphatic imine (C=N–C) groups is 1. The first-order valence-electron chi connectivity index (χ1n) is 7.69. The fourth-order valence-electron chi connectivity index (χ4n) is 2.69. The molecule has 1 fully saturated rings. The highest BCUT2D eigenvalue weighted by molar-refractivity contribution is 14.0. The highest BCUT2D eigenvalue weighted by Gasteiger charge is 2.39. The first kappa shape index (κ1) is 19.8. The zero-order valence-electron chi connectivity index (χ0n) is 14.0. The first-order valence-corrected chi connectivity index (χ1v) is 8.48. The van der Waals surface area contributed by atoms with Crippen molar-refractivity contribution in [3.05, 3.63) is 52.5 Å². The Balaban J connectivity index is 0.00000225. The van der Waals surface area contributed by atoms with Crippen molar-refractivity contribution < 1.29 is 9.47 Å². The maximum Gasteiger partial charge on any atom is 0.193 e. The van der Waals surface area contributed by atoms with Crippen LogP contribution in [0.25, 0.3) is 0 Å². The lowest BCUT2D eigenvalue weighted by Crippen LogP contribution is -2.23. The number of nitrogens with one attached hydrogen (secondary N) is 1. The third-order valence-corrected chi connectivity index (χ3v) is 4.76. The maximum absolute atomic E-state index is 6.07. The number of halogens is 2. The van der Waals surface area contributed by atoms with Gasteiger partial charge >= 0.3 is 0 Å². The van der Waals surface area contributed by atoms with E-state index in [-0.39, 0.29) is 30.0 Å². The molecule has 0 heterocycles. The molecule has 25 heavy (non-hydrogen) atoms. The first-order chi connectivity index (χ1) is 11.6. The highest BCUT2D eigenvalue weighted by Crippen LogP contribution is 2.46. The van der Waals surface area contributed by atoms with Gasteiger partial charge in [0.25, 0.3) is 0 Å². The molecule has 134 valence electrons. The molecule has 2 aromatic carbocycles.